The van der Waals surface area contributed by atoms with E-state index in [1.54, 1.807) is 6.92 Å². The average Bonchev–Trinajstić information content (AvgIpc) is 2.10. The maximum absolute atomic E-state index is 11.8. The highest BCUT2D eigenvalue weighted by molar-refractivity contribution is 8.00. The lowest BCUT2D eigenvalue weighted by molar-refractivity contribution is -0.125. The summed E-state index contributed by atoms with van der Waals surface area (Å²) in [5.41, 5.74) is 0.446. The molecule has 0 bridgehead atoms. The molecule has 0 rings (SSSR count). The minimum atomic E-state index is -4.25. The van der Waals surface area contributed by atoms with Gasteiger partial charge in [0.05, 0.1) is 5.54 Å². The highest BCUT2D eigenvalue weighted by atomic mass is 35.5. The number of nitrogens with two attached hydrogens (primary N) is 1. The number of hydrogen-bond donors (Lipinski definition) is 2. The minimum absolute atomic E-state index is 0. The van der Waals surface area contributed by atoms with E-state index >= 15 is 0 Å². The zero-order chi connectivity index (χ0) is 12.8. The van der Waals surface area contributed by atoms with Gasteiger partial charge < -0.3 is 11.1 Å². The van der Waals surface area contributed by atoms with E-state index in [-0.39, 0.29) is 36.5 Å². The average molecular weight is 295 g/mol. The summed E-state index contributed by atoms with van der Waals surface area (Å²) in [6, 6.07) is 0. The Kier molecular flexibility index (Phi) is 9.09. The largest absolute Gasteiger partial charge is 0.441 e. The summed E-state index contributed by atoms with van der Waals surface area (Å²) in [5, 5.41) is 2.40. The maximum atomic E-state index is 11.8. The van der Waals surface area contributed by atoms with Crippen molar-refractivity contribution in [3.8, 4) is 0 Å². The zero-order valence-corrected chi connectivity index (χ0v) is 11.4. The van der Waals surface area contributed by atoms with E-state index in [9.17, 15) is 18.0 Å². The number of carbonyl (C=O) groups is 1. The van der Waals surface area contributed by atoms with Crippen LogP contribution < -0.4 is 11.1 Å². The van der Waals surface area contributed by atoms with Crippen molar-refractivity contribution in [2.75, 3.05) is 12.3 Å². The highest BCUT2D eigenvalue weighted by Crippen LogP contribution is 2.29. The van der Waals surface area contributed by atoms with Crippen LogP contribution in [0.1, 0.15) is 26.7 Å². The number of carbonyl (C=O) groups excluding carboxylic acids is 1. The molecule has 0 aromatic heterocycles. The summed E-state index contributed by atoms with van der Waals surface area (Å²) < 4.78 is 35.3. The normalized spacial score (nSPS) is 14.7. The molecule has 0 heterocycles. The Balaban J connectivity index is 0. The number of hydrogen-bond acceptors (Lipinski definition) is 3. The molecule has 0 saturated heterocycles. The van der Waals surface area contributed by atoms with Crippen molar-refractivity contribution in [1.29, 1.82) is 0 Å². The highest BCUT2D eigenvalue weighted by Gasteiger charge is 2.29. The van der Waals surface area contributed by atoms with E-state index in [4.69, 9.17) is 5.73 Å². The van der Waals surface area contributed by atoms with Crippen molar-refractivity contribution < 1.29 is 18.0 Å². The van der Waals surface area contributed by atoms with Gasteiger partial charge in [0.25, 0.3) is 0 Å². The van der Waals surface area contributed by atoms with Crippen molar-refractivity contribution in [1.82, 2.24) is 5.32 Å². The fourth-order valence-corrected chi connectivity index (χ4v) is 1.60. The van der Waals surface area contributed by atoms with Crippen molar-refractivity contribution in [2.24, 2.45) is 5.73 Å². The zero-order valence-electron chi connectivity index (χ0n) is 9.76. The molecule has 8 heteroatoms. The molecule has 0 saturated carbocycles. The second-order valence-electron chi connectivity index (χ2n) is 3.72. The van der Waals surface area contributed by atoms with Gasteiger partial charge >= 0.3 is 5.51 Å². The first-order valence-electron chi connectivity index (χ1n) is 4.97. The molecular weight excluding hydrogens is 277 g/mol. The van der Waals surface area contributed by atoms with E-state index in [1.807, 2.05) is 6.92 Å². The van der Waals surface area contributed by atoms with Crippen LogP contribution in [0.3, 0.4) is 0 Å². The van der Waals surface area contributed by atoms with E-state index in [0.717, 1.165) is 6.42 Å². The molecular formula is C9H18ClF3N2OS. The quantitative estimate of drug-likeness (QED) is 0.739. The molecule has 3 nitrogen and oxygen atoms in total. The summed E-state index contributed by atoms with van der Waals surface area (Å²) in [7, 11) is 0. The van der Waals surface area contributed by atoms with Crippen LogP contribution >= 0.6 is 24.2 Å². The second-order valence-corrected chi connectivity index (χ2v) is 4.88. The lowest BCUT2D eigenvalue weighted by Gasteiger charge is -2.22. The third kappa shape index (κ3) is 9.55. The number of amides is 1. The van der Waals surface area contributed by atoms with E-state index in [1.165, 1.54) is 0 Å². The molecule has 0 aromatic rings. The van der Waals surface area contributed by atoms with Crippen LogP contribution in [0.4, 0.5) is 13.2 Å². The van der Waals surface area contributed by atoms with Gasteiger partial charge in [-0.1, -0.05) is 13.3 Å². The standard InChI is InChI=1S/C9H17F3N2OS.ClH/c1-3-4-8(2,13)7(15)14-5-6-16-9(10,11)12;/h3-6,13H2,1-2H3,(H,14,15);1H. The fourth-order valence-electron chi connectivity index (χ4n) is 1.17. The SMILES string of the molecule is CCCC(C)(N)C(=O)NCCSC(F)(F)F.Cl. The van der Waals surface area contributed by atoms with Crippen molar-refractivity contribution in [2.45, 2.75) is 37.7 Å². The van der Waals surface area contributed by atoms with Gasteiger partial charge in [-0.3, -0.25) is 4.79 Å². The third-order valence-corrected chi connectivity index (χ3v) is 2.68. The minimum Gasteiger partial charge on any atom is -0.354 e. The van der Waals surface area contributed by atoms with Gasteiger partial charge in [0, 0.05) is 12.3 Å². The molecule has 0 fully saturated rings. The molecule has 17 heavy (non-hydrogen) atoms. The summed E-state index contributed by atoms with van der Waals surface area (Å²) >= 11 is -0.156. The molecule has 0 radical (unpaired) electrons. The van der Waals surface area contributed by atoms with Gasteiger partial charge in [-0.2, -0.15) is 13.2 Å². The molecule has 0 aromatic carbocycles. The summed E-state index contributed by atoms with van der Waals surface area (Å²) in [4.78, 5) is 11.5. The Bertz CT molecular complexity index is 237. The van der Waals surface area contributed by atoms with Gasteiger partial charge in [-0.15, -0.1) is 12.4 Å². The van der Waals surface area contributed by atoms with Gasteiger partial charge in [-0.25, -0.2) is 0 Å². The van der Waals surface area contributed by atoms with Gasteiger partial charge in [0.2, 0.25) is 5.91 Å². The molecule has 0 aliphatic carbocycles. The number of halogens is 4. The Morgan fingerprint density at radius 2 is 1.94 bits per heavy atom. The molecule has 104 valence electrons. The predicted octanol–water partition coefficient (Wildman–Crippen LogP) is 2.29. The van der Waals surface area contributed by atoms with Crippen molar-refractivity contribution in [3.05, 3.63) is 0 Å². The summed E-state index contributed by atoms with van der Waals surface area (Å²) in [6.45, 7) is 3.43. The van der Waals surface area contributed by atoms with Crippen LogP contribution in [0.5, 0.6) is 0 Å². The molecule has 0 aliphatic rings. The number of alkyl halides is 3. The fraction of sp³-hybridized carbons (Fsp3) is 0.889. The predicted molar refractivity (Wildman–Crippen MR) is 66.3 cm³/mol. The first-order chi connectivity index (χ1) is 7.19. The molecule has 1 atom stereocenters. The van der Waals surface area contributed by atoms with E-state index in [2.05, 4.69) is 5.32 Å². The van der Waals surface area contributed by atoms with E-state index in [0.29, 0.717) is 6.42 Å². The smallest absolute Gasteiger partial charge is 0.354 e. The van der Waals surface area contributed by atoms with Crippen LogP contribution in [0.2, 0.25) is 0 Å². The van der Waals surface area contributed by atoms with Crippen LogP contribution in [0.25, 0.3) is 0 Å². The van der Waals surface area contributed by atoms with Gasteiger partial charge in [0.1, 0.15) is 0 Å². The number of thioether (sulfide) groups is 1. The lowest BCUT2D eigenvalue weighted by Crippen LogP contribution is -2.51. The van der Waals surface area contributed by atoms with Crippen LogP contribution in [-0.2, 0) is 4.79 Å². The van der Waals surface area contributed by atoms with Crippen LogP contribution in [-0.4, -0.2) is 29.3 Å². The molecule has 3 N–H and O–H groups in total. The Labute approximate surface area is 109 Å². The Morgan fingerprint density at radius 1 is 1.41 bits per heavy atom. The Morgan fingerprint density at radius 3 is 2.35 bits per heavy atom. The molecule has 0 spiro atoms. The first kappa shape index (κ1) is 19.2. The topological polar surface area (TPSA) is 55.1 Å². The molecule has 0 aliphatic heterocycles. The Hall–Kier alpha value is -0.140. The van der Waals surface area contributed by atoms with Crippen molar-refractivity contribution in [3.63, 3.8) is 0 Å². The summed E-state index contributed by atoms with van der Waals surface area (Å²) in [5.74, 6) is -0.602. The van der Waals surface area contributed by atoms with Crippen LogP contribution in [0.15, 0.2) is 0 Å². The van der Waals surface area contributed by atoms with Gasteiger partial charge in [-0.05, 0) is 25.1 Å². The molecule has 1 amide bonds. The number of nitrogens with one attached hydrogen (secondary N) is 1. The maximum Gasteiger partial charge on any atom is 0.441 e. The molecule has 1 unspecified atom stereocenters. The summed E-state index contributed by atoms with van der Waals surface area (Å²) in [6.07, 6.45) is 1.25. The number of rotatable bonds is 6. The van der Waals surface area contributed by atoms with E-state index < -0.39 is 17.0 Å². The third-order valence-electron chi connectivity index (χ3n) is 1.94. The van der Waals surface area contributed by atoms with Crippen molar-refractivity contribution >= 4 is 30.1 Å². The van der Waals surface area contributed by atoms with Crippen LogP contribution in [0, 0.1) is 0 Å². The monoisotopic (exact) mass is 294 g/mol. The van der Waals surface area contributed by atoms with Gasteiger partial charge in [0.15, 0.2) is 0 Å². The lowest BCUT2D eigenvalue weighted by atomic mass is 9.97. The first-order valence-corrected chi connectivity index (χ1v) is 5.95. The second kappa shape index (κ2) is 8.05.